The molecule has 4 nitrogen and oxygen atoms in total. The molecule has 0 aliphatic carbocycles. The fourth-order valence-corrected chi connectivity index (χ4v) is 2.51. The van der Waals surface area contributed by atoms with E-state index < -0.39 is 0 Å². The largest absolute Gasteiger partial charge is 0.370 e. The monoisotopic (exact) mass is 300 g/mol. The Morgan fingerprint density at radius 1 is 1.23 bits per heavy atom. The van der Waals surface area contributed by atoms with Crippen molar-refractivity contribution >= 4 is 5.78 Å². The van der Waals surface area contributed by atoms with E-state index in [2.05, 4.69) is 37.9 Å². The first kappa shape index (κ1) is 16.4. The van der Waals surface area contributed by atoms with Crippen molar-refractivity contribution in [3.8, 4) is 0 Å². The number of ketones is 1. The number of aromatic nitrogens is 2. The van der Waals surface area contributed by atoms with E-state index in [0.717, 1.165) is 18.4 Å². The third-order valence-corrected chi connectivity index (χ3v) is 4.01. The summed E-state index contributed by atoms with van der Waals surface area (Å²) >= 11 is 0. The number of benzene rings is 1. The van der Waals surface area contributed by atoms with Crippen LogP contribution in [0.5, 0.6) is 0 Å². The lowest BCUT2D eigenvalue weighted by Gasteiger charge is -2.17. The van der Waals surface area contributed by atoms with E-state index in [1.807, 2.05) is 22.8 Å². The van der Waals surface area contributed by atoms with Crippen LogP contribution in [-0.2, 0) is 4.74 Å². The summed E-state index contributed by atoms with van der Waals surface area (Å²) in [4.78, 5) is 16.6. The van der Waals surface area contributed by atoms with Crippen LogP contribution in [0.25, 0.3) is 0 Å². The van der Waals surface area contributed by atoms with Gasteiger partial charge < -0.3 is 9.30 Å². The molecule has 1 atom stereocenters. The van der Waals surface area contributed by atoms with Gasteiger partial charge in [-0.1, -0.05) is 44.2 Å². The number of hydrogen-bond donors (Lipinski definition) is 0. The number of nitrogens with zero attached hydrogens (tertiary/aromatic N) is 2. The van der Waals surface area contributed by atoms with Gasteiger partial charge in [-0.15, -0.1) is 0 Å². The van der Waals surface area contributed by atoms with E-state index in [9.17, 15) is 4.79 Å². The van der Waals surface area contributed by atoms with Gasteiger partial charge >= 0.3 is 0 Å². The second-order valence-corrected chi connectivity index (χ2v) is 5.45. The third-order valence-electron chi connectivity index (χ3n) is 4.01. The molecule has 0 spiro atoms. The van der Waals surface area contributed by atoms with Crippen LogP contribution in [0.4, 0.5) is 0 Å². The summed E-state index contributed by atoms with van der Waals surface area (Å²) in [5, 5.41) is 0. The third kappa shape index (κ3) is 3.83. The molecule has 0 unspecified atom stereocenters. The Hall–Kier alpha value is -1.94. The zero-order valence-electron chi connectivity index (χ0n) is 13.5. The summed E-state index contributed by atoms with van der Waals surface area (Å²) in [6, 6.07) is 10.2. The summed E-state index contributed by atoms with van der Waals surface area (Å²) in [5.41, 5.74) is 1.75. The van der Waals surface area contributed by atoms with Gasteiger partial charge in [-0.3, -0.25) is 4.79 Å². The first-order valence-electron chi connectivity index (χ1n) is 7.88. The second kappa shape index (κ2) is 7.90. The fraction of sp³-hybridized carbons (Fsp3) is 0.444. The lowest BCUT2D eigenvalue weighted by molar-refractivity contribution is 0.0415. The Morgan fingerprint density at radius 2 is 1.91 bits per heavy atom. The van der Waals surface area contributed by atoms with Crippen molar-refractivity contribution in [2.24, 2.45) is 0 Å². The average Bonchev–Trinajstić information content (AvgIpc) is 3.05. The van der Waals surface area contributed by atoms with Crippen LogP contribution in [0.3, 0.4) is 0 Å². The quantitative estimate of drug-likeness (QED) is 0.695. The van der Waals surface area contributed by atoms with Gasteiger partial charge in [-0.25, -0.2) is 4.98 Å². The van der Waals surface area contributed by atoms with Gasteiger partial charge in [0.1, 0.15) is 12.3 Å². The van der Waals surface area contributed by atoms with Crippen molar-refractivity contribution in [1.82, 2.24) is 9.55 Å². The summed E-state index contributed by atoms with van der Waals surface area (Å²) in [6.07, 6.45) is 5.32. The Bertz CT molecular complexity index is 588. The topological polar surface area (TPSA) is 44.1 Å². The Balaban J connectivity index is 2.10. The van der Waals surface area contributed by atoms with Gasteiger partial charge in [-0.2, -0.15) is 0 Å². The van der Waals surface area contributed by atoms with Crippen LogP contribution >= 0.6 is 0 Å². The van der Waals surface area contributed by atoms with Crippen molar-refractivity contribution in [1.29, 1.82) is 0 Å². The van der Waals surface area contributed by atoms with Gasteiger partial charge in [0.15, 0.2) is 0 Å². The maximum Gasteiger partial charge on any atom is 0.206 e. The van der Waals surface area contributed by atoms with E-state index in [4.69, 9.17) is 4.74 Å². The van der Waals surface area contributed by atoms with Crippen LogP contribution in [0, 0.1) is 0 Å². The summed E-state index contributed by atoms with van der Waals surface area (Å²) in [5.74, 6) is -0.0211. The fourth-order valence-electron chi connectivity index (χ4n) is 2.51. The molecule has 2 aromatic rings. The minimum atomic E-state index is -0.0211. The van der Waals surface area contributed by atoms with Crippen molar-refractivity contribution < 1.29 is 9.53 Å². The molecule has 0 fully saturated rings. The van der Waals surface area contributed by atoms with Gasteiger partial charge in [0, 0.05) is 0 Å². The molecule has 0 radical (unpaired) electrons. The lowest BCUT2D eigenvalue weighted by atomic mass is 10.1. The van der Waals surface area contributed by atoms with E-state index >= 15 is 0 Å². The smallest absolute Gasteiger partial charge is 0.206 e. The molecule has 0 saturated carbocycles. The Kier molecular flexibility index (Phi) is 5.90. The van der Waals surface area contributed by atoms with E-state index in [1.54, 1.807) is 12.5 Å². The number of Topliss-reactive ketones (excluding diaryl/α,β-unsaturated/α-hetero) is 1. The van der Waals surface area contributed by atoms with Gasteiger partial charge in [0.2, 0.25) is 5.78 Å². The predicted octanol–water partition coefficient (Wildman–Crippen LogP) is 3.88. The second-order valence-electron chi connectivity index (χ2n) is 5.45. The molecular formula is C18H24N2O2. The van der Waals surface area contributed by atoms with E-state index in [-0.39, 0.29) is 24.5 Å². The highest BCUT2D eigenvalue weighted by atomic mass is 16.5. The minimum absolute atomic E-state index is 0.0211. The number of imidazole rings is 1. The van der Waals surface area contributed by atoms with Gasteiger partial charge in [-0.05, 0) is 25.3 Å². The van der Waals surface area contributed by atoms with Gasteiger partial charge in [0.25, 0.3) is 0 Å². The SMILES string of the molecule is CCC(CC)OCC(=O)c1cncn1[C@H](C)c1ccccc1. The Labute approximate surface area is 132 Å². The molecule has 0 bridgehead atoms. The number of rotatable bonds is 8. The maximum absolute atomic E-state index is 12.4. The molecule has 0 amide bonds. The molecule has 0 saturated heterocycles. The molecule has 1 heterocycles. The molecule has 22 heavy (non-hydrogen) atoms. The minimum Gasteiger partial charge on any atom is -0.370 e. The molecule has 2 rings (SSSR count). The van der Waals surface area contributed by atoms with E-state index in [1.165, 1.54) is 0 Å². The van der Waals surface area contributed by atoms with Crippen LogP contribution in [0.2, 0.25) is 0 Å². The lowest BCUT2D eigenvalue weighted by Crippen LogP contribution is -2.20. The normalized spacial score (nSPS) is 12.5. The highest BCUT2D eigenvalue weighted by Crippen LogP contribution is 2.19. The molecule has 0 aliphatic heterocycles. The first-order chi connectivity index (χ1) is 10.7. The summed E-state index contributed by atoms with van der Waals surface area (Å²) in [7, 11) is 0. The molecule has 1 aromatic heterocycles. The number of hydrogen-bond acceptors (Lipinski definition) is 3. The van der Waals surface area contributed by atoms with Crippen LogP contribution in [-0.4, -0.2) is 28.0 Å². The molecule has 118 valence electrons. The zero-order valence-corrected chi connectivity index (χ0v) is 13.5. The number of carbonyl (C=O) groups excluding carboxylic acids is 1. The molecule has 0 aliphatic rings. The highest BCUT2D eigenvalue weighted by Gasteiger charge is 2.18. The number of ether oxygens (including phenoxy) is 1. The highest BCUT2D eigenvalue weighted by molar-refractivity contribution is 5.95. The molecule has 0 N–H and O–H groups in total. The number of carbonyl (C=O) groups is 1. The molecule has 4 heteroatoms. The Morgan fingerprint density at radius 3 is 2.55 bits per heavy atom. The van der Waals surface area contributed by atoms with Crippen molar-refractivity contribution in [3.05, 3.63) is 54.1 Å². The van der Waals surface area contributed by atoms with Crippen molar-refractivity contribution in [2.45, 2.75) is 45.8 Å². The molecular weight excluding hydrogens is 276 g/mol. The average molecular weight is 300 g/mol. The van der Waals surface area contributed by atoms with Crippen LogP contribution < -0.4 is 0 Å². The van der Waals surface area contributed by atoms with Crippen molar-refractivity contribution in [2.75, 3.05) is 6.61 Å². The van der Waals surface area contributed by atoms with E-state index in [0.29, 0.717) is 5.69 Å². The summed E-state index contributed by atoms with van der Waals surface area (Å²) in [6.45, 7) is 6.32. The van der Waals surface area contributed by atoms with Crippen LogP contribution in [0.1, 0.15) is 55.7 Å². The van der Waals surface area contributed by atoms with Crippen molar-refractivity contribution in [3.63, 3.8) is 0 Å². The standard InChI is InChI=1S/C18H24N2O2/c1-4-16(5-2)22-12-18(21)17-11-19-13-20(17)14(3)15-9-7-6-8-10-15/h6-11,13-14,16H,4-5,12H2,1-3H3/t14-/m1/s1. The predicted molar refractivity (Wildman–Crippen MR) is 87.1 cm³/mol. The summed E-state index contributed by atoms with van der Waals surface area (Å²) < 4.78 is 7.59. The van der Waals surface area contributed by atoms with Gasteiger partial charge in [0.05, 0.1) is 24.7 Å². The maximum atomic E-state index is 12.4. The first-order valence-corrected chi connectivity index (χ1v) is 7.88. The zero-order chi connectivity index (χ0) is 15.9. The molecule has 1 aromatic carbocycles. The van der Waals surface area contributed by atoms with Crippen LogP contribution in [0.15, 0.2) is 42.9 Å².